The second kappa shape index (κ2) is 8.41. The van der Waals surface area contributed by atoms with Gasteiger partial charge in [-0.05, 0) is 12.8 Å². The van der Waals surface area contributed by atoms with E-state index in [1.54, 1.807) is 0 Å². The molecule has 1 aliphatic rings. The van der Waals surface area contributed by atoms with E-state index in [0.717, 1.165) is 30.6 Å². The number of carbonyl (C=O) groups is 2. The molecule has 5 heteroatoms. The minimum atomic E-state index is -1.05. The molecular formula is C14H22N2O3. The van der Waals surface area contributed by atoms with E-state index in [1.165, 1.54) is 19.3 Å². The van der Waals surface area contributed by atoms with Crippen LogP contribution in [0.15, 0.2) is 0 Å². The molecule has 1 rings (SSSR count). The maximum absolute atomic E-state index is 12.0. The molecule has 0 aromatic rings. The van der Waals surface area contributed by atoms with E-state index in [-0.39, 0.29) is 25.2 Å². The van der Waals surface area contributed by atoms with Gasteiger partial charge in [0, 0.05) is 6.04 Å². The summed E-state index contributed by atoms with van der Waals surface area (Å²) in [6.07, 6.45) is 13.0. The summed E-state index contributed by atoms with van der Waals surface area (Å²) in [5, 5.41) is 11.7. The molecular weight excluding hydrogens is 244 g/mol. The number of nitrogens with one attached hydrogen (secondary N) is 1. The normalized spacial score (nSPS) is 16.8. The number of nitrogens with zero attached hydrogens (tertiary/aromatic N) is 1. The van der Waals surface area contributed by atoms with Gasteiger partial charge >= 0.3 is 12.0 Å². The molecule has 0 unspecified atom stereocenters. The van der Waals surface area contributed by atoms with E-state index >= 15 is 0 Å². The third-order valence-corrected chi connectivity index (χ3v) is 3.33. The van der Waals surface area contributed by atoms with Crippen LogP contribution in [0.2, 0.25) is 0 Å². The summed E-state index contributed by atoms with van der Waals surface area (Å²) < 4.78 is 0. The lowest BCUT2D eigenvalue weighted by atomic mass is 9.97. The van der Waals surface area contributed by atoms with E-state index in [9.17, 15) is 9.59 Å². The predicted octanol–water partition coefficient (Wildman–Crippen LogP) is 1.83. The average Bonchev–Trinajstić information content (AvgIpc) is 2.31. The largest absolute Gasteiger partial charge is 0.480 e. The molecule has 0 aromatic carbocycles. The number of carboxylic acids is 1. The lowest BCUT2D eigenvalue weighted by molar-refractivity contribution is -0.137. The van der Waals surface area contributed by atoms with Gasteiger partial charge in [0.15, 0.2) is 0 Å². The van der Waals surface area contributed by atoms with Crippen molar-refractivity contribution in [2.45, 2.75) is 51.0 Å². The molecule has 1 fully saturated rings. The first-order chi connectivity index (χ1) is 9.13. The Labute approximate surface area is 114 Å². The Kier molecular flexibility index (Phi) is 6.80. The number of aliphatic carboxylic acids is 1. The molecule has 0 radical (unpaired) electrons. The smallest absolute Gasteiger partial charge is 0.323 e. The van der Waals surface area contributed by atoms with Gasteiger partial charge < -0.3 is 15.3 Å². The molecule has 1 saturated carbocycles. The number of amides is 2. The minimum Gasteiger partial charge on any atom is -0.480 e. The molecule has 0 saturated heterocycles. The quantitative estimate of drug-likeness (QED) is 0.763. The molecule has 1 aliphatic carbocycles. The average molecular weight is 266 g/mol. The topological polar surface area (TPSA) is 69.6 Å². The molecule has 0 bridgehead atoms. The molecule has 0 aliphatic heterocycles. The van der Waals surface area contributed by atoms with Crippen LogP contribution in [0.1, 0.15) is 44.9 Å². The van der Waals surface area contributed by atoms with Crippen LogP contribution in [-0.2, 0) is 4.79 Å². The Morgan fingerprint density at radius 3 is 2.32 bits per heavy atom. The Morgan fingerprint density at radius 2 is 1.79 bits per heavy atom. The summed E-state index contributed by atoms with van der Waals surface area (Å²) in [5.41, 5.74) is 0. The maximum atomic E-state index is 12.0. The van der Waals surface area contributed by atoms with Gasteiger partial charge in [-0.3, -0.25) is 4.79 Å². The SMILES string of the molecule is C#CCN(CC(=O)O)C(=O)NC1CCCCCCC1. The molecule has 19 heavy (non-hydrogen) atoms. The Bertz CT molecular complexity index is 341. The third kappa shape index (κ3) is 6.14. The fourth-order valence-corrected chi connectivity index (χ4v) is 2.34. The fourth-order valence-electron chi connectivity index (χ4n) is 2.34. The van der Waals surface area contributed by atoms with Crippen LogP contribution in [0.4, 0.5) is 4.79 Å². The number of rotatable bonds is 4. The van der Waals surface area contributed by atoms with Crippen molar-refractivity contribution in [2.75, 3.05) is 13.1 Å². The van der Waals surface area contributed by atoms with Crippen LogP contribution in [-0.4, -0.2) is 41.1 Å². The van der Waals surface area contributed by atoms with Gasteiger partial charge in [-0.15, -0.1) is 6.42 Å². The van der Waals surface area contributed by atoms with E-state index in [4.69, 9.17) is 11.5 Å². The number of hydrogen-bond donors (Lipinski definition) is 2. The molecule has 0 spiro atoms. The monoisotopic (exact) mass is 266 g/mol. The summed E-state index contributed by atoms with van der Waals surface area (Å²) in [6, 6.07) is -0.229. The maximum Gasteiger partial charge on any atom is 0.323 e. The van der Waals surface area contributed by atoms with Crippen LogP contribution in [0, 0.1) is 12.3 Å². The van der Waals surface area contributed by atoms with E-state index in [0.29, 0.717) is 0 Å². The minimum absolute atomic E-state index is 0.0187. The lowest BCUT2D eigenvalue weighted by Crippen LogP contribution is -2.47. The van der Waals surface area contributed by atoms with Crippen molar-refractivity contribution in [3.8, 4) is 12.3 Å². The third-order valence-electron chi connectivity index (χ3n) is 3.33. The van der Waals surface area contributed by atoms with Crippen molar-refractivity contribution < 1.29 is 14.7 Å². The van der Waals surface area contributed by atoms with Crippen LogP contribution in [0.5, 0.6) is 0 Å². The highest BCUT2D eigenvalue weighted by atomic mass is 16.4. The fraction of sp³-hybridized carbons (Fsp3) is 0.714. The first kappa shape index (κ1) is 15.4. The van der Waals surface area contributed by atoms with Gasteiger partial charge in [0.2, 0.25) is 0 Å². The van der Waals surface area contributed by atoms with Gasteiger partial charge in [-0.2, -0.15) is 0 Å². The number of carbonyl (C=O) groups excluding carboxylic acids is 1. The van der Waals surface area contributed by atoms with Gasteiger partial charge in [0.1, 0.15) is 6.54 Å². The summed E-state index contributed by atoms with van der Waals surface area (Å²) in [5.74, 6) is 1.26. The first-order valence-electron chi connectivity index (χ1n) is 6.84. The highest BCUT2D eigenvalue weighted by Gasteiger charge is 2.19. The van der Waals surface area contributed by atoms with Crippen molar-refractivity contribution in [3.05, 3.63) is 0 Å². The predicted molar refractivity (Wildman–Crippen MR) is 72.7 cm³/mol. The van der Waals surface area contributed by atoms with Crippen molar-refractivity contribution >= 4 is 12.0 Å². The molecule has 106 valence electrons. The summed E-state index contributed by atoms with van der Waals surface area (Å²) >= 11 is 0. The summed E-state index contributed by atoms with van der Waals surface area (Å²) in [4.78, 5) is 23.8. The standard InChI is InChI=1S/C14H22N2O3/c1-2-10-16(11-13(17)18)14(19)15-12-8-6-4-3-5-7-9-12/h1,12H,3-11H2,(H,15,19)(H,17,18). The Morgan fingerprint density at radius 1 is 1.21 bits per heavy atom. The van der Waals surface area contributed by atoms with Crippen LogP contribution >= 0.6 is 0 Å². The first-order valence-corrected chi connectivity index (χ1v) is 6.84. The molecule has 0 heterocycles. The summed E-state index contributed by atoms with van der Waals surface area (Å²) in [6.45, 7) is -0.340. The van der Waals surface area contributed by atoms with Crippen LogP contribution < -0.4 is 5.32 Å². The van der Waals surface area contributed by atoms with Crippen LogP contribution in [0.3, 0.4) is 0 Å². The van der Waals surface area contributed by atoms with Gasteiger partial charge in [-0.1, -0.05) is 38.0 Å². The van der Waals surface area contributed by atoms with Gasteiger partial charge in [-0.25, -0.2) is 4.79 Å². The Balaban J connectivity index is 2.49. The molecule has 0 aromatic heterocycles. The highest BCUT2D eigenvalue weighted by molar-refractivity contribution is 5.80. The van der Waals surface area contributed by atoms with Crippen molar-refractivity contribution in [1.82, 2.24) is 10.2 Å². The number of hydrogen-bond acceptors (Lipinski definition) is 2. The number of terminal acetylenes is 1. The second-order valence-electron chi connectivity index (χ2n) is 4.95. The number of carboxylic acid groups (broad SMARTS) is 1. The zero-order valence-electron chi connectivity index (χ0n) is 11.2. The molecule has 2 amide bonds. The van der Waals surface area contributed by atoms with E-state index in [1.807, 2.05) is 0 Å². The van der Waals surface area contributed by atoms with E-state index in [2.05, 4.69) is 11.2 Å². The lowest BCUT2D eigenvalue weighted by Gasteiger charge is -2.25. The second-order valence-corrected chi connectivity index (χ2v) is 4.95. The Hall–Kier alpha value is -1.70. The van der Waals surface area contributed by atoms with Crippen molar-refractivity contribution in [3.63, 3.8) is 0 Å². The van der Waals surface area contributed by atoms with Gasteiger partial charge in [0.25, 0.3) is 0 Å². The van der Waals surface area contributed by atoms with Crippen molar-refractivity contribution in [1.29, 1.82) is 0 Å². The zero-order valence-corrected chi connectivity index (χ0v) is 11.2. The summed E-state index contributed by atoms with van der Waals surface area (Å²) in [7, 11) is 0. The molecule has 2 N–H and O–H groups in total. The van der Waals surface area contributed by atoms with Gasteiger partial charge in [0.05, 0.1) is 6.54 Å². The van der Waals surface area contributed by atoms with E-state index < -0.39 is 5.97 Å². The molecule has 5 nitrogen and oxygen atoms in total. The zero-order chi connectivity index (χ0) is 14.1. The van der Waals surface area contributed by atoms with Crippen LogP contribution in [0.25, 0.3) is 0 Å². The number of urea groups is 1. The molecule has 0 atom stereocenters. The highest BCUT2D eigenvalue weighted by Crippen LogP contribution is 2.17. The van der Waals surface area contributed by atoms with Crippen molar-refractivity contribution in [2.24, 2.45) is 0 Å².